The van der Waals surface area contributed by atoms with Gasteiger partial charge in [-0.3, -0.25) is 9.36 Å². The Labute approximate surface area is 189 Å². The number of benzene rings is 2. The Hall–Kier alpha value is -4.27. The Bertz CT molecular complexity index is 1360. The summed E-state index contributed by atoms with van der Waals surface area (Å²) < 4.78 is 22.7. The minimum Gasteiger partial charge on any atom is -0.495 e. The maximum Gasteiger partial charge on any atom is 0.238 e. The molecule has 0 saturated heterocycles. The quantitative estimate of drug-likeness (QED) is 0.462. The molecule has 0 aliphatic carbocycles. The number of methoxy groups -OCH3 is 1. The number of carbonyl (C=O) groups excluding carboxylic acids is 1. The lowest BCUT2D eigenvalue weighted by Gasteiger charge is -2.26. The van der Waals surface area contributed by atoms with Gasteiger partial charge >= 0.3 is 0 Å². The van der Waals surface area contributed by atoms with E-state index in [1.165, 1.54) is 17.0 Å². The summed E-state index contributed by atoms with van der Waals surface area (Å²) in [7, 11) is 1.63. The van der Waals surface area contributed by atoms with E-state index in [4.69, 9.17) is 4.74 Å². The summed E-state index contributed by atoms with van der Waals surface area (Å²) in [6.45, 7) is 2.41. The highest BCUT2D eigenvalue weighted by molar-refractivity contribution is 6.00. The maximum absolute atomic E-state index is 13.3. The summed E-state index contributed by atoms with van der Waals surface area (Å²) in [6.07, 6.45) is 7.76. The molecule has 1 aliphatic heterocycles. The molecule has 0 spiro atoms. The number of aryl methyl sites for hydroxylation is 1. The smallest absolute Gasteiger partial charge is 0.238 e. The first-order valence-electron chi connectivity index (χ1n) is 10.4. The SMILES string of the molecule is COc1cc(C=Cc2nnc3n2CCC(=O)N3c2ccc(F)cc2)ccc1-n1cnc(C)c1. The Kier molecular flexibility index (Phi) is 5.21. The molecule has 166 valence electrons. The highest BCUT2D eigenvalue weighted by Crippen LogP contribution is 2.30. The molecule has 0 unspecified atom stereocenters. The van der Waals surface area contributed by atoms with Crippen molar-refractivity contribution in [3.05, 3.63) is 77.9 Å². The molecule has 3 heterocycles. The largest absolute Gasteiger partial charge is 0.495 e. The third kappa shape index (κ3) is 3.89. The van der Waals surface area contributed by atoms with Gasteiger partial charge in [0, 0.05) is 19.2 Å². The third-order valence-electron chi connectivity index (χ3n) is 5.46. The number of fused-ring (bicyclic) bond motifs is 1. The molecule has 1 aliphatic rings. The first kappa shape index (κ1) is 20.6. The number of aromatic nitrogens is 5. The average Bonchev–Trinajstić information content (AvgIpc) is 3.44. The van der Waals surface area contributed by atoms with E-state index in [1.807, 2.05) is 52.6 Å². The van der Waals surface area contributed by atoms with Crippen molar-refractivity contribution in [2.24, 2.45) is 0 Å². The van der Waals surface area contributed by atoms with E-state index in [0.717, 1.165) is 16.9 Å². The van der Waals surface area contributed by atoms with Crippen molar-refractivity contribution in [3.8, 4) is 11.4 Å². The van der Waals surface area contributed by atoms with Crippen LogP contribution in [0.4, 0.5) is 16.0 Å². The monoisotopic (exact) mass is 444 g/mol. The number of imidazole rings is 1. The fourth-order valence-corrected chi connectivity index (χ4v) is 3.82. The second-order valence-electron chi connectivity index (χ2n) is 7.65. The van der Waals surface area contributed by atoms with Gasteiger partial charge in [0.2, 0.25) is 11.9 Å². The molecule has 0 radical (unpaired) electrons. The zero-order valence-corrected chi connectivity index (χ0v) is 18.1. The molecule has 0 bridgehead atoms. The number of halogens is 1. The molecule has 2 aromatic carbocycles. The molecule has 33 heavy (non-hydrogen) atoms. The Morgan fingerprint density at radius 2 is 1.91 bits per heavy atom. The van der Waals surface area contributed by atoms with E-state index in [0.29, 0.717) is 36.2 Å². The predicted octanol–water partition coefficient (Wildman–Crippen LogP) is 4.16. The number of amides is 1. The number of rotatable bonds is 5. The lowest BCUT2D eigenvalue weighted by Crippen LogP contribution is -2.34. The molecule has 0 fully saturated rings. The molecule has 0 saturated carbocycles. The van der Waals surface area contributed by atoms with Crippen LogP contribution in [0.3, 0.4) is 0 Å². The molecular weight excluding hydrogens is 423 g/mol. The fraction of sp³-hybridized carbons (Fsp3) is 0.167. The van der Waals surface area contributed by atoms with E-state index < -0.39 is 0 Å². The van der Waals surface area contributed by atoms with Gasteiger partial charge in [-0.05, 0) is 55.0 Å². The van der Waals surface area contributed by atoms with Crippen LogP contribution in [-0.4, -0.2) is 37.3 Å². The average molecular weight is 444 g/mol. The molecule has 1 amide bonds. The second kappa shape index (κ2) is 8.34. The third-order valence-corrected chi connectivity index (χ3v) is 5.46. The van der Waals surface area contributed by atoms with E-state index in [9.17, 15) is 9.18 Å². The minimum absolute atomic E-state index is 0.105. The van der Waals surface area contributed by atoms with Crippen LogP contribution in [-0.2, 0) is 11.3 Å². The molecule has 9 heteroatoms. The molecule has 2 aromatic heterocycles. The van der Waals surface area contributed by atoms with Crippen molar-refractivity contribution >= 4 is 29.7 Å². The second-order valence-corrected chi connectivity index (χ2v) is 7.65. The highest BCUT2D eigenvalue weighted by atomic mass is 19.1. The standard InChI is InChI=1S/C24H21FN6O2/c1-16-14-29(15-26-16)20-9-3-17(13-21(20)33-2)4-10-22-27-28-24-30(22)12-11-23(32)31(24)19-7-5-18(25)6-8-19/h3-10,13-15H,11-12H2,1-2H3. The van der Waals surface area contributed by atoms with Crippen LogP contribution in [0, 0.1) is 12.7 Å². The summed E-state index contributed by atoms with van der Waals surface area (Å²) in [5, 5.41) is 8.49. The van der Waals surface area contributed by atoms with Crippen molar-refractivity contribution in [3.63, 3.8) is 0 Å². The van der Waals surface area contributed by atoms with E-state index in [-0.39, 0.29) is 11.7 Å². The van der Waals surface area contributed by atoms with Gasteiger partial charge in [0.05, 0.1) is 30.5 Å². The van der Waals surface area contributed by atoms with Crippen molar-refractivity contribution in [1.29, 1.82) is 0 Å². The number of anilines is 2. The summed E-state index contributed by atoms with van der Waals surface area (Å²) in [4.78, 5) is 18.3. The van der Waals surface area contributed by atoms with Gasteiger partial charge in [-0.2, -0.15) is 0 Å². The van der Waals surface area contributed by atoms with Crippen LogP contribution in [0.1, 0.15) is 23.5 Å². The Balaban J connectivity index is 1.44. The molecular formula is C24H21FN6O2. The first-order valence-corrected chi connectivity index (χ1v) is 10.4. The Morgan fingerprint density at radius 1 is 1.09 bits per heavy atom. The van der Waals surface area contributed by atoms with Crippen LogP contribution in [0.25, 0.3) is 17.8 Å². The zero-order valence-electron chi connectivity index (χ0n) is 18.1. The number of hydrogen-bond donors (Lipinski definition) is 0. The van der Waals surface area contributed by atoms with Gasteiger partial charge in [-0.1, -0.05) is 12.1 Å². The molecule has 5 rings (SSSR count). The summed E-state index contributed by atoms with van der Waals surface area (Å²) >= 11 is 0. The van der Waals surface area contributed by atoms with Crippen molar-refractivity contribution in [2.75, 3.05) is 12.0 Å². The number of hydrogen-bond acceptors (Lipinski definition) is 5. The van der Waals surface area contributed by atoms with Gasteiger partial charge in [0.25, 0.3) is 0 Å². The molecule has 8 nitrogen and oxygen atoms in total. The number of carbonyl (C=O) groups is 1. The number of nitrogens with zero attached hydrogens (tertiary/aromatic N) is 6. The van der Waals surface area contributed by atoms with Crippen molar-refractivity contribution < 1.29 is 13.9 Å². The lowest BCUT2D eigenvalue weighted by molar-refractivity contribution is -0.118. The van der Waals surface area contributed by atoms with Crippen LogP contribution < -0.4 is 9.64 Å². The summed E-state index contributed by atoms with van der Waals surface area (Å²) in [5.41, 5.74) is 3.29. The maximum atomic E-state index is 13.3. The van der Waals surface area contributed by atoms with Crippen LogP contribution in [0.5, 0.6) is 5.75 Å². The van der Waals surface area contributed by atoms with Gasteiger partial charge in [0.1, 0.15) is 11.6 Å². The van der Waals surface area contributed by atoms with Gasteiger partial charge < -0.3 is 9.30 Å². The Morgan fingerprint density at radius 3 is 2.64 bits per heavy atom. The van der Waals surface area contributed by atoms with Gasteiger partial charge in [0.15, 0.2) is 5.82 Å². The number of ether oxygens (including phenoxy) is 1. The topological polar surface area (TPSA) is 78.1 Å². The summed E-state index contributed by atoms with van der Waals surface area (Å²) in [6, 6.07) is 11.6. The normalized spacial score (nSPS) is 13.5. The van der Waals surface area contributed by atoms with E-state index in [1.54, 1.807) is 25.6 Å². The van der Waals surface area contributed by atoms with Crippen LogP contribution in [0.2, 0.25) is 0 Å². The van der Waals surface area contributed by atoms with Crippen LogP contribution >= 0.6 is 0 Å². The van der Waals surface area contributed by atoms with Crippen molar-refractivity contribution in [2.45, 2.75) is 19.9 Å². The van der Waals surface area contributed by atoms with Crippen molar-refractivity contribution in [1.82, 2.24) is 24.3 Å². The van der Waals surface area contributed by atoms with E-state index in [2.05, 4.69) is 15.2 Å². The predicted molar refractivity (Wildman–Crippen MR) is 122 cm³/mol. The lowest BCUT2D eigenvalue weighted by atomic mass is 10.1. The minimum atomic E-state index is -0.363. The molecule has 0 atom stereocenters. The van der Waals surface area contributed by atoms with Gasteiger partial charge in [-0.15, -0.1) is 10.2 Å². The highest BCUT2D eigenvalue weighted by Gasteiger charge is 2.29. The summed E-state index contributed by atoms with van der Waals surface area (Å²) in [5.74, 6) is 1.29. The molecule has 0 N–H and O–H groups in total. The van der Waals surface area contributed by atoms with Gasteiger partial charge in [-0.25, -0.2) is 14.3 Å². The van der Waals surface area contributed by atoms with Crippen LogP contribution in [0.15, 0.2) is 55.0 Å². The fourth-order valence-electron chi connectivity index (χ4n) is 3.82. The van der Waals surface area contributed by atoms with E-state index >= 15 is 0 Å². The first-order chi connectivity index (χ1) is 16.0. The molecule has 4 aromatic rings. The zero-order chi connectivity index (χ0) is 22.9.